The zero-order valence-electron chi connectivity index (χ0n) is 18.5. The van der Waals surface area contributed by atoms with Crippen LogP contribution < -0.4 is 0 Å². The third-order valence-electron chi connectivity index (χ3n) is 5.02. The lowest BCUT2D eigenvalue weighted by Gasteiger charge is -2.42. The van der Waals surface area contributed by atoms with Crippen LogP contribution in [0.5, 0.6) is 0 Å². The quantitative estimate of drug-likeness (QED) is 0.213. The zero-order chi connectivity index (χ0) is 29.7. The van der Waals surface area contributed by atoms with Gasteiger partial charge in [0, 0.05) is 23.2 Å². The highest BCUT2D eigenvalue weighted by molar-refractivity contribution is 9.11. The summed E-state index contributed by atoms with van der Waals surface area (Å²) in [6, 6.07) is 15.6. The zero-order valence-corrected chi connectivity index (χ0v) is 24.9. The maximum atomic E-state index is 14.9. The molecule has 0 aliphatic rings. The van der Waals surface area contributed by atoms with Gasteiger partial charge in [-0.3, -0.25) is 0 Å². The van der Waals surface area contributed by atoms with Gasteiger partial charge in [0.25, 0.3) is 0 Å². The Balaban J connectivity index is 2.44. The molecule has 39 heavy (non-hydrogen) atoms. The highest BCUT2D eigenvalue weighted by Crippen LogP contribution is 2.74. The minimum Gasteiger partial charge on any atom is -0.202 e. The summed E-state index contributed by atoms with van der Waals surface area (Å²) in [4.78, 5) is -0.649. The summed E-state index contributed by atoms with van der Waals surface area (Å²) in [6.45, 7) is 0. The number of hydrogen-bond acceptors (Lipinski definition) is 3. The van der Waals surface area contributed by atoms with Crippen LogP contribution in [-0.4, -0.2) is 31.7 Å². The second-order valence-corrected chi connectivity index (χ2v) is 14.6. The molecule has 0 fully saturated rings. The number of rotatable bonds is 8. The van der Waals surface area contributed by atoms with E-state index in [0.29, 0.717) is 4.47 Å². The Hall–Kier alpha value is -1.27. The summed E-state index contributed by atoms with van der Waals surface area (Å²) in [5.74, 6) is -14.9. The Morgan fingerprint density at radius 1 is 0.615 bits per heavy atom. The van der Waals surface area contributed by atoms with Gasteiger partial charge in [0.05, 0.1) is 4.90 Å². The molecule has 214 valence electrons. The van der Waals surface area contributed by atoms with Gasteiger partial charge < -0.3 is 0 Å². The first-order valence-corrected chi connectivity index (χ1v) is 15.3. The van der Waals surface area contributed by atoms with Crippen molar-refractivity contribution in [2.45, 2.75) is 38.0 Å². The molecule has 0 aliphatic heterocycles. The smallest absolute Gasteiger partial charge is 0.202 e. The molecule has 0 amide bonds. The van der Waals surface area contributed by atoms with E-state index >= 15 is 0 Å². The predicted molar refractivity (Wildman–Crippen MR) is 136 cm³/mol. The molecule has 0 spiro atoms. The first kappa shape index (κ1) is 32.2. The van der Waals surface area contributed by atoms with Crippen molar-refractivity contribution in [3.05, 3.63) is 86.2 Å². The molecule has 17 heteroatoms. The summed E-state index contributed by atoms with van der Waals surface area (Å²) in [7, 11) is -11.4. The summed E-state index contributed by atoms with van der Waals surface area (Å²) >= 11 is 9.50. The van der Waals surface area contributed by atoms with Crippen molar-refractivity contribution in [1.29, 1.82) is 0 Å². The summed E-state index contributed by atoms with van der Waals surface area (Å²) in [5, 5.41) is -7.06. The SMILES string of the molecule is O=S(=O)(OS(c1ccccc1)(c1ccccc1)c1c(Br)cc(Br)cc1Br)C(F)(F)C(F)(F)C(F)(F)C(F)(F)F. The lowest BCUT2D eigenvalue weighted by molar-refractivity contribution is -0.382. The van der Waals surface area contributed by atoms with Gasteiger partial charge in [0.2, 0.25) is 0 Å². The van der Waals surface area contributed by atoms with Crippen LogP contribution in [0.3, 0.4) is 0 Å². The molecule has 0 saturated carbocycles. The van der Waals surface area contributed by atoms with E-state index in [9.17, 15) is 47.9 Å². The van der Waals surface area contributed by atoms with E-state index in [-0.39, 0.29) is 23.6 Å². The van der Waals surface area contributed by atoms with Crippen LogP contribution in [-0.2, 0) is 13.7 Å². The lowest BCUT2D eigenvalue weighted by atomic mass is 10.1. The van der Waals surface area contributed by atoms with Gasteiger partial charge in [-0.25, -0.2) is 3.63 Å². The highest BCUT2D eigenvalue weighted by Gasteiger charge is 2.86. The van der Waals surface area contributed by atoms with E-state index in [4.69, 9.17) is 3.63 Å². The van der Waals surface area contributed by atoms with Crippen LogP contribution in [0.1, 0.15) is 0 Å². The standard InChI is InChI=1S/C22H12Br3F9O3S2/c23-13-11-16(24)18(17(25)12-13)38(14-7-3-1-4-8-14,15-9-5-2-6-10-15)37-39(35,36)22(33,34)20(28,29)19(26,27)21(30,31)32/h1-12H. The Labute approximate surface area is 242 Å². The molecule has 0 atom stereocenters. The van der Waals surface area contributed by atoms with E-state index in [0.717, 1.165) is 0 Å². The van der Waals surface area contributed by atoms with Crippen molar-refractivity contribution in [3.8, 4) is 0 Å². The average Bonchev–Trinajstić information content (AvgIpc) is 2.82. The van der Waals surface area contributed by atoms with Crippen molar-refractivity contribution < 1.29 is 51.6 Å². The lowest BCUT2D eigenvalue weighted by Crippen LogP contribution is -2.63. The van der Waals surface area contributed by atoms with E-state index in [1.807, 2.05) is 0 Å². The fraction of sp³-hybridized carbons (Fsp3) is 0.182. The number of alkyl halides is 9. The van der Waals surface area contributed by atoms with Crippen LogP contribution in [0.15, 0.2) is 101 Å². The first-order valence-electron chi connectivity index (χ1n) is 9.98. The van der Waals surface area contributed by atoms with Crippen molar-refractivity contribution in [2.75, 3.05) is 0 Å². The molecule has 0 radical (unpaired) electrons. The maximum Gasteiger partial charge on any atom is 0.460 e. The molecule has 0 aliphatic carbocycles. The van der Waals surface area contributed by atoms with Crippen molar-refractivity contribution in [2.24, 2.45) is 0 Å². The third-order valence-corrected chi connectivity index (χ3v) is 12.6. The number of hydrogen-bond donors (Lipinski definition) is 0. The fourth-order valence-electron chi connectivity index (χ4n) is 3.21. The molecule has 0 aromatic heterocycles. The van der Waals surface area contributed by atoms with Crippen LogP contribution >= 0.6 is 58.1 Å². The molecule has 0 unspecified atom stereocenters. The molecule has 0 saturated heterocycles. The monoisotopic (exact) mass is 796 g/mol. The fourth-order valence-corrected chi connectivity index (χ4v) is 12.1. The minimum atomic E-state index is -7.47. The molecular formula is C22H12Br3F9O3S2. The van der Waals surface area contributed by atoms with Crippen LogP contribution in [0.2, 0.25) is 0 Å². The second-order valence-electron chi connectivity index (χ2n) is 7.57. The molecule has 0 heterocycles. The Morgan fingerprint density at radius 2 is 1.00 bits per heavy atom. The molecule has 3 nitrogen and oxygen atoms in total. The van der Waals surface area contributed by atoms with Crippen LogP contribution in [0, 0.1) is 0 Å². The van der Waals surface area contributed by atoms with Crippen molar-refractivity contribution in [3.63, 3.8) is 0 Å². The molecular weight excluding hydrogens is 787 g/mol. The molecule has 0 N–H and O–H groups in total. The van der Waals surface area contributed by atoms with Gasteiger partial charge in [-0.1, -0.05) is 52.3 Å². The molecule has 3 aromatic rings. The van der Waals surface area contributed by atoms with E-state index in [1.165, 1.54) is 72.8 Å². The average molecular weight is 799 g/mol. The summed E-state index contributed by atoms with van der Waals surface area (Å²) in [6.07, 6.45) is -7.23. The minimum absolute atomic E-state index is 0.0163. The van der Waals surface area contributed by atoms with E-state index in [1.54, 1.807) is 0 Å². The third kappa shape index (κ3) is 5.38. The topological polar surface area (TPSA) is 43.4 Å². The maximum absolute atomic E-state index is 14.9. The molecule has 0 bridgehead atoms. The first-order chi connectivity index (χ1) is 17.7. The highest BCUT2D eigenvalue weighted by atomic mass is 79.9. The summed E-state index contributed by atoms with van der Waals surface area (Å²) < 4.78 is 155. The van der Waals surface area contributed by atoms with Crippen LogP contribution in [0.25, 0.3) is 0 Å². The number of benzene rings is 3. The largest absolute Gasteiger partial charge is 0.460 e. The van der Waals surface area contributed by atoms with Gasteiger partial charge in [-0.05, 0) is 78.6 Å². The van der Waals surface area contributed by atoms with Gasteiger partial charge in [-0.2, -0.15) is 47.9 Å². The molecule has 3 aromatic carbocycles. The number of halogens is 12. The van der Waals surface area contributed by atoms with Gasteiger partial charge >= 0.3 is 33.4 Å². The van der Waals surface area contributed by atoms with Crippen LogP contribution in [0.4, 0.5) is 39.5 Å². The van der Waals surface area contributed by atoms with Gasteiger partial charge in [-0.15, -0.1) is 0 Å². The Bertz CT molecular complexity index is 1390. The Kier molecular flexibility index (Phi) is 8.97. The van der Waals surface area contributed by atoms with Gasteiger partial charge in [0.1, 0.15) is 0 Å². The van der Waals surface area contributed by atoms with E-state index in [2.05, 4.69) is 47.8 Å². The van der Waals surface area contributed by atoms with Gasteiger partial charge in [0.15, 0.2) is 0 Å². The predicted octanol–water partition coefficient (Wildman–Crippen LogP) is 9.94. The normalized spacial score (nSPS) is 14.4. The second kappa shape index (κ2) is 10.9. The Morgan fingerprint density at radius 3 is 1.36 bits per heavy atom. The van der Waals surface area contributed by atoms with Crippen molar-refractivity contribution in [1.82, 2.24) is 0 Å². The van der Waals surface area contributed by atoms with E-state index < -0.39 is 43.7 Å². The molecule has 3 rings (SSSR count). The van der Waals surface area contributed by atoms with Crippen molar-refractivity contribution >= 4 is 68.2 Å². The summed E-state index contributed by atoms with van der Waals surface area (Å²) in [5.41, 5.74) is 0.